The Morgan fingerprint density at radius 3 is 3.00 bits per heavy atom. The molecule has 3 nitrogen and oxygen atoms in total. The van der Waals surface area contributed by atoms with Gasteiger partial charge in [-0.05, 0) is 41.7 Å². The van der Waals surface area contributed by atoms with E-state index in [2.05, 4.69) is 25.6 Å². The Morgan fingerprint density at radius 2 is 2.19 bits per heavy atom. The molecule has 1 atom stereocenters. The first-order valence-electron chi connectivity index (χ1n) is 7.65. The Bertz CT molecular complexity index is 560. The van der Waals surface area contributed by atoms with Gasteiger partial charge < -0.3 is 14.2 Å². The predicted molar refractivity (Wildman–Crippen MR) is 83.5 cm³/mol. The Morgan fingerprint density at radius 1 is 1.33 bits per heavy atom. The van der Waals surface area contributed by atoms with Crippen LogP contribution in [0.3, 0.4) is 0 Å². The van der Waals surface area contributed by atoms with E-state index in [1.165, 1.54) is 29.6 Å². The number of fused-ring (bicyclic) bond motifs is 1. The van der Waals surface area contributed by atoms with Crippen LogP contribution >= 0.6 is 0 Å². The molecule has 1 aromatic carbocycles. The summed E-state index contributed by atoms with van der Waals surface area (Å²) < 4.78 is 16.6. The van der Waals surface area contributed by atoms with Gasteiger partial charge in [-0.3, -0.25) is 0 Å². The lowest BCUT2D eigenvalue weighted by molar-refractivity contribution is 0.174. The number of hydrogen-bond acceptors (Lipinski definition) is 3. The van der Waals surface area contributed by atoms with Crippen LogP contribution in [0.5, 0.6) is 11.5 Å². The molecule has 2 aliphatic heterocycles. The molecule has 2 aliphatic rings. The van der Waals surface area contributed by atoms with Gasteiger partial charge >= 0.3 is 0 Å². The third-order valence-corrected chi connectivity index (χ3v) is 4.18. The molecule has 0 aliphatic carbocycles. The van der Waals surface area contributed by atoms with E-state index in [4.69, 9.17) is 14.2 Å². The first kappa shape index (κ1) is 14.2. The summed E-state index contributed by atoms with van der Waals surface area (Å²) in [5, 5.41) is 0. The summed E-state index contributed by atoms with van der Waals surface area (Å²) in [5.41, 5.74) is 3.98. The van der Waals surface area contributed by atoms with E-state index in [1.54, 1.807) is 0 Å². The van der Waals surface area contributed by atoms with E-state index in [0.717, 1.165) is 24.5 Å². The quantitative estimate of drug-likeness (QED) is 0.760. The summed E-state index contributed by atoms with van der Waals surface area (Å²) in [4.78, 5) is 0. The first-order valence-corrected chi connectivity index (χ1v) is 7.65. The van der Waals surface area contributed by atoms with Crippen LogP contribution in [0.1, 0.15) is 31.7 Å². The fourth-order valence-corrected chi connectivity index (χ4v) is 2.95. The highest BCUT2D eigenvalue weighted by atomic mass is 16.7. The van der Waals surface area contributed by atoms with E-state index in [9.17, 15) is 0 Å². The molecule has 112 valence electrons. The van der Waals surface area contributed by atoms with Gasteiger partial charge in [-0.25, -0.2) is 0 Å². The molecule has 3 rings (SSSR count). The van der Waals surface area contributed by atoms with Crippen LogP contribution in [0.25, 0.3) is 5.57 Å². The lowest BCUT2D eigenvalue weighted by Gasteiger charge is -2.15. The van der Waals surface area contributed by atoms with E-state index >= 15 is 0 Å². The van der Waals surface area contributed by atoms with Gasteiger partial charge in [0, 0.05) is 5.92 Å². The zero-order valence-electron chi connectivity index (χ0n) is 12.6. The van der Waals surface area contributed by atoms with Crippen molar-refractivity contribution in [2.45, 2.75) is 26.2 Å². The van der Waals surface area contributed by atoms with E-state index in [1.807, 2.05) is 12.1 Å². The van der Waals surface area contributed by atoms with Crippen LogP contribution in [-0.4, -0.2) is 20.0 Å². The molecule has 0 amide bonds. The second-order valence-electron chi connectivity index (χ2n) is 5.53. The van der Waals surface area contributed by atoms with Crippen LogP contribution in [0.2, 0.25) is 0 Å². The molecule has 1 aromatic rings. The molecule has 0 bridgehead atoms. The molecule has 3 heteroatoms. The van der Waals surface area contributed by atoms with E-state index in [-0.39, 0.29) is 0 Å². The molecule has 0 saturated carbocycles. The third kappa shape index (κ3) is 2.84. The van der Waals surface area contributed by atoms with Crippen molar-refractivity contribution in [3.05, 3.63) is 42.0 Å². The number of rotatable bonds is 5. The number of hydrogen-bond donors (Lipinski definition) is 0. The zero-order chi connectivity index (χ0) is 14.7. The second kappa shape index (κ2) is 6.35. The lowest BCUT2D eigenvalue weighted by Crippen LogP contribution is -2.02. The molecule has 0 radical (unpaired) electrons. The number of benzene rings is 1. The van der Waals surface area contributed by atoms with Crippen LogP contribution < -0.4 is 9.47 Å². The second-order valence-corrected chi connectivity index (χ2v) is 5.53. The highest BCUT2D eigenvalue weighted by molar-refractivity contribution is 5.72. The summed E-state index contributed by atoms with van der Waals surface area (Å²) in [6.07, 6.45) is 5.43. The van der Waals surface area contributed by atoms with Gasteiger partial charge in [0.15, 0.2) is 11.5 Å². The lowest BCUT2D eigenvalue weighted by atomic mass is 9.89. The fourth-order valence-electron chi connectivity index (χ4n) is 2.95. The SMILES string of the molecule is C=CC1COC/C1=C(\CCCC)c1ccc2c(c1)OCO2. The molecular formula is C18H22O3. The smallest absolute Gasteiger partial charge is 0.231 e. The molecule has 0 spiro atoms. The standard InChI is InChI=1S/C18H22O3/c1-3-5-6-15(16-11-19-10-13(16)4-2)14-7-8-17-18(9-14)21-12-20-17/h4,7-9,13H,2-3,5-6,10-12H2,1H3/b16-15-. The summed E-state index contributed by atoms with van der Waals surface area (Å²) in [6, 6.07) is 6.23. The number of ether oxygens (including phenoxy) is 3. The van der Waals surface area contributed by atoms with Gasteiger partial charge in [0.2, 0.25) is 6.79 Å². The van der Waals surface area contributed by atoms with Crippen molar-refractivity contribution in [1.82, 2.24) is 0 Å². The topological polar surface area (TPSA) is 27.7 Å². The number of allylic oxidation sites excluding steroid dienone is 1. The van der Waals surface area contributed by atoms with Crippen molar-refractivity contribution in [2.75, 3.05) is 20.0 Å². The van der Waals surface area contributed by atoms with Gasteiger partial charge in [-0.15, -0.1) is 6.58 Å². The Balaban J connectivity index is 1.99. The van der Waals surface area contributed by atoms with Crippen molar-refractivity contribution in [3.63, 3.8) is 0 Å². The first-order chi connectivity index (χ1) is 10.3. The molecular weight excluding hydrogens is 264 g/mol. The van der Waals surface area contributed by atoms with Crippen molar-refractivity contribution >= 4 is 5.57 Å². The summed E-state index contributed by atoms with van der Waals surface area (Å²) in [5.74, 6) is 2.01. The average Bonchev–Trinajstić information content (AvgIpc) is 3.15. The molecule has 0 N–H and O–H groups in total. The zero-order valence-corrected chi connectivity index (χ0v) is 12.6. The van der Waals surface area contributed by atoms with Crippen LogP contribution in [0.4, 0.5) is 0 Å². The highest BCUT2D eigenvalue weighted by Crippen LogP contribution is 2.38. The maximum atomic E-state index is 5.65. The summed E-state index contributed by atoms with van der Waals surface area (Å²) in [7, 11) is 0. The summed E-state index contributed by atoms with van der Waals surface area (Å²) in [6.45, 7) is 7.95. The Hall–Kier alpha value is -1.74. The Labute approximate surface area is 126 Å². The van der Waals surface area contributed by atoms with Crippen LogP contribution in [0.15, 0.2) is 36.4 Å². The fraction of sp³-hybridized carbons (Fsp3) is 0.444. The minimum absolute atomic E-state index is 0.318. The van der Waals surface area contributed by atoms with Crippen LogP contribution in [-0.2, 0) is 4.74 Å². The van der Waals surface area contributed by atoms with Gasteiger partial charge in [0.05, 0.1) is 13.2 Å². The molecule has 0 aromatic heterocycles. The Kier molecular flexibility index (Phi) is 4.30. The largest absolute Gasteiger partial charge is 0.454 e. The van der Waals surface area contributed by atoms with E-state index in [0.29, 0.717) is 19.3 Å². The van der Waals surface area contributed by atoms with Gasteiger partial charge in [-0.2, -0.15) is 0 Å². The molecule has 1 unspecified atom stereocenters. The minimum Gasteiger partial charge on any atom is -0.454 e. The monoisotopic (exact) mass is 286 g/mol. The van der Waals surface area contributed by atoms with Crippen molar-refractivity contribution < 1.29 is 14.2 Å². The maximum absolute atomic E-state index is 5.65. The third-order valence-electron chi connectivity index (χ3n) is 4.18. The number of unbranched alkanes of at least 4 members (excludes halogenated alkanes) is 1. The minimum atomic E-state index is 0.318. The molecule has 1 fully saturated rings. The van der Waals surface area contributed by atoms with E-state index < -0.39 is 0 Å². The molecule has 1 saturated heterocycles. The molecule has 21 heavy (non-hydrogen) atoms. The average molecular weight is 286 g/mol. The van der Waals surface area contributed by atoms with Gasteiger partial charge in [0.25, 0.3) is 0 Å². The molecule has 2 heterocycles. The van der Waals surface area contributed by atoms with Crippen molar-refractivity contribution in [2.24, 2.45) is 5.92 Å². The summed E-state index contributed by atoms with van der Waals surface area (Å²) >= 11 is 0. The van der Waals surface area contributed by atoms with Gasteiger partial charge in [0.1, 0.15) is 0 Å². The van der Waals surface area contributed by atoms with Crippen LogP contribution in [0, 0.1) is 5.92 Å². The predicted octanol–water partition coefficient (Wildman–Crippen LogP) is 4.19. The maximum Gasteiger partial charge on any atom is 0.231 e. The van der Waals surface area contributed by atoms with Gasteiger partial charge in [-0.1, -0.05) is 25.5 Å². The van der Waals surface area contributed by atoms with Crippen molar-refractivity contribution in [1.29, 1.82) is 0 Å². The normalized spacial score (nSPS) is 22.4. The highest BCUT2D eigenvalue weighted by Gasteiger charge is 2.24. The van der Waals surface area contributed by atoms with Crippen molar-refractivity contribution in [3.8, 4) is 11.5 Å².